The Labute approximate surface area is 117 Å². The van der Waals surface area contributed by atoms with E-state index in [4.69, 9.17) is 16.0 Å². The van der Waals surface area contributed by atoms with Gasteiger partial charge in [0.2, 0.25) is 0 Å². The van der Waals surface area contributed by atoms with Crippen molar-refractivity contribution < 1.29 is 9.21 Å². The molecule has 2 rings (SSSR count). The Bertz CT molecular complexity index is 546. The minimum absolute atomic E-state index is 0.263. The van der Waals surface area contributed by atoms with Crippen molar-refractivity contribution in [3.63, 3.8) is 0 Å². The molecule has 1 amide bonds. The Kier molecular flexibility index (Phi) is 4.63. The molecule has 19 heavy (non-hydrogen) atoms. The van der Waals surface area contributed by atoms with E-state index in [1.54, 1.807) is 12.1 Å². The van der Waals surface area contributed by atoms with Gasteiger partial charge in [-0.05, 0) is 36.2 Å². The van der Waals surface area contributed by atoms with Crippen LogP contribution in [0.25, 0.3) is 0 Å². The lowest BCUT2D eigenvalue weighted by molar-refractivity contribution is 0.0995. The first-order valence-electron chi connectivity index (χ1n) is 6.28. The number of carbonyl (C=O) groups is 1. The Morgan fingerprint density at radius 1 is 1.21 bits per heavy atom. The van der Waals surface area contributed by atoms with E-state index in [0.29, 0.717) is 5.76 Å². The monoisotopic (exact) mass is 277 g/mol. The smallest absolute Gasteiger partial charge is 0.291 e. The molecule has 0 saturated heterocycles. The third-order valence-electron chi connectivity index (χ3n) is 2.77. The van der Waals surface area contributed by atoms with Crippen LogP contribution in [0.5, 0.6) is 0 Å². The van der Waals surface area contributed by atoms with E-state index in [-0.39, 0.29) is 17.5 Å². The van der Waals surface area contributed by atoms with E-state index < -0.39 is 0 Å². The van der Waals surface area contributed by atoms with Crippen LogP contribution in [0.15, 0.2) is 40.8 Å². The minimum atomic E-state index is -0.264. The predicted molar refractivity (Wildman–Crippen MR) is 76.7 cm³/mol. The molecule has 1 aromatic carbocycles. The van der Waals surface area contributed by atoms with Crippen molar-refractivity contribution in [2.24, 2.45) is 0 Å². The van der Waals surface area contributed by atoms with Crippen LogP contribution < -0.4 is 5.32 Å². The third kappa shape index (κ3) is 3.61. The Hall–Kier alpha value is -1.74. The molecule has 1 aromatic heterocycles. The van der Waals surface area contributed by atoms with Crippen molar-refractivity contribution >= 4 is 23.2 Å². The molecule has 0 unspecified atom stereocenters. The van der Waals surface area contributed by atoms with Gasteiger partial charge in [0.05, 0.1) is 5.88 Å². The number of hydrogen-bond donors (Lipinski definition) is 1. The molecule has 0 radical (unpaired) electrons. The second-order valence-corrected chi connectivity index (χ2v) is 4.57. The first-order chi connectivity index (χ1) is 9.22. The summed E-state index contributed by atoms with van der Waals surface area (Å²) in [5.41, 5.74) is 2.02. The molecule has 2 aromatic rings. The van der Waals surface area contributed by atoms with E-state index in [2.05, 4.69) is 12.2 Å². The fourth-order valence-electron chi connectivity index (χ4n) is 1.81. The SMILES string of the molecule is CCCc1ccc(NC(=O)c2ccc(CCl)o2)cc1. The van der Waals surface area contributed by atoms with Crippen molar-refractivity contribution in [3.8, 4) is 0 Å². The number of benzene rings is 1. The zero-order valence-corrected chi connectivity index (χ0v) is 11.5. The quantitative estimate of drug-likeness (QED) is 0.831. The number of aryl methyl sites for hydroxylation is 1. The number of anilines is 1. The van der Waals surface area contributed by atoms with Gasteiger partial charge in [-0.2, -0.15) is 0 Å². The number of rotatable bonds is 5. The fourth-order valence-corrected chi connectivity index (χ4v) is 1.95. The molecule has 100 valence electrons. The summed E-state index contributed by atoms with van der Waals surface area (Å²) in [4.78, 5) is 11.9. The van der Waals surface area contributed by atoms with Crippen LogP contribution in [-0.4, -0.2) is 5.91 Å². The number of nitrogens with one attached hydrogen (secondary N) is 1. The lowest BCUT2D eigenvalue weighted by atomic mass is 10.1. The highest BCUT2D eigenvalue weighted by molar-refractivity contribution is 6.16. The average Bonchev–Trinajstić information content (AvgIpc) is 2.90. The molecule has 0 aliphatic heterocycles. The number of hydrogen-bond acceptors (Lipinski definition) is 2. The highest BCUT2D eigenvalue weighted by Crippen LogP contribution is 2.15. The third-order valence-corrected chi connectivity index (χ3v) is 3.03. The number of alkyl halides is 1. The molecule has 1 N–H and O–H groups in total. The van der Waals surface area contributed by atoms with E-state index >= 15 is 0 Å². The molecule has 4 heteroatoms. The van der Waals surface area contributed by atoms with Crippen LogP contribution in [0, 0.1) is 0 Å². The minimum Gasteiger partial charge on any atom is -0.455 e. The summed E-state index contributed by atoms with van der Waals surface area (Å²) < 4.78 is 5.29. The van der Waals surface area contributed by atoms with Crippen molar-refractivity contribution in [2.45, 2.75) is 25.6 Å². The first kappa shape index (κ1) is 13.7. The average molecular weight is 278 g/mol. The van der Waals surface area contributed by atoms with Crippen LogP contribution in [0.3, 0.4) is 0 Å². The maximum absolute atomic E-state index is 11.9. The van der Waals surface area contributed by atoms with Gasteiger partial charge in [0.1, 0.15) is 5.76 Å². The number of carbonyl (C=O) groups excluding carboxylic acids is 1. The summed E-state index contributed by atoms with van der Waals surface area (Å²) >= 11 is 5.63. The van der Waals surface area contributed by atoms with Crippen molar-refractivity contribution in [2.75, 3.05) is 5.32 Å². The Morgan fingerprint density at radius 3 is 2.53 bits per heavy atom. The molecular formula is C15H16ClNO2. The molecule has 0 fully saturated rings. The molecule has 0 bridgehead atoms. The summed E-state index contributed by atoms with van der Waals surface area (Å²) in [5, 5.41) is 2.79. The van der Waals surface area contributed by atoms with Gasteiger partial charge in [0, 0.05) is 5.69 Å². The van der Waals surface area contributed by atoms with E-state index in [0.717, 1.165) is 18.5 Å². The maximum Gasteiger partial charge on any atom is 0.291 e. The Morgan fingerprint density at radius 2 is 1.95 bits per heavy atom. The van der Waals surface area contributed by atoms with Crippen molar-refractivity contribution in [1.82, 2.24) is 0 Å². The largest absolute Gasteiger partial charge is 0.455 e. The Balaban J connectivity index is 2.01. The van der Waals surface area contributed by atoms with Crippen molar-refractivity contribution in [1.29, 1.82) is 0 Å². The lowest BCUT2D eigenvalue weighted by Gasteiger charge is -2.04. The summed E-state index contributed by atoms with van der Waals surface area (Å²) in [6.45, 7) is 2.14. The molecule has 0 aliphatic carbocycles. The molecule has 0 atom stereocenters. The van der Waals surface area contributed by atoms with Gasteiger partial charge in [-0.1, -0.05) is 25.5 Å². The van der Waals surface area contributed by atoms with E-state index in [9.17, 15) is 4.79 Å². The fraction of sp³-hybridized carbons (Fsp3) is 0.267. The van der Waals surface area contributed by atoms with E-state index in [1.165, 1.54) is 5.56 Å². The van der Waals surface area contributed by atoms with Gasteiger partial charge in [-0.15, -0.1) is 11.6 Å². The molecule has 1 heterocycles. The van der Waals surface area contributed by atoms with Gasteiger partial charge in [-0.25, -0.2) is 0 Å². The zero-order chi connectivity index (χ0) is 13.7. The van der Waals surface area contributed by atoms with Gasteiger partial charge < -0.3 is 9.73 Å². The van der Waals surface area contributed by atoms with Gasteiger partial charge >= 0.3 is 0 Å². The molecule has 0 spiro atoms. The number of furan rings is 1. The zero-order valence-electron chi connectivity index (χ0n) is 10.8. The molecule has 3 nitrogen and oxygen atoms in total. The summed E-state index contributed by atoms with van der Waals surface area (Å²) in [6.07, 6.45) is 2.16. The molecular weight excluding hydrogens is 262 g/mol. The number of halogens is 1. The second kappa shape index (κ2) is 6.43. The van der Waals surface area contributed by atoms with Crippen LogP contribution in [0.2, 0.25) is 0 Å². The van der Waals surface area contributed by atoms with Crippen molar-refractivity contribution in [3.05, 3.63) is 53.5 Å². The van der Waals surface area contributed by atoms with Crippen LogP contribution in [-0.2, 0) is 12.3 Å². The summed E-state index contributed by atoms with van der Waals surface area (Å²) in [6, 6.07) is 11.2. The second-order valence-electron chi connectivity index (χ2n) is 4.30. The first-order valence-corrected chi connectivity index (χ1v) is 6.81. The normalized spacial score (nSPS) is 10.4. The molecule has 0 saturated carbocycles. The van der Waals surface area contributed by atoms with Gasteiger partial charge in [0.25, 0.3) is 5.91 Å². The van der Waals surface area contributed by atoms with Crippen LogP contribution in [0.1, 0.15) is 35.2 Å². The van der Waals surface area contributed by atoms with Crippen LogP contribution >= 0.6 is 11.6 Å². The van der Waals surface area contributed by atoms with Gasteiger partial charge in [0.15, 0.2) is 5.76 Å². The maximum atomic E-state index is 11.9. The standard InChI is InChI=1S/C15H16ClNO2/c1-2-3-11-4-6-12(7-5-11)17-15(18)14-9-8-13(10-16)19-14/h4-9H,2-3,10H2,1H3,(H,17,18). The topological polar surface area (TPSA) is 42.2 Å². The highest BCUT2D eigenvalue weighted by atomic mass is 35.5. The summed E-state index contributed by atoms with van der Waals surface area (Å²) in [7, 11) is 0. The number of amides is 1. The molecule has 0 aliphatic rings. The highest BCUT2D eigenvalue weighted by Gasteiger charge is 2.10. The summed E-state index contributed by atoms with van der Waals surface area (Å²) in [5.74, 6) is 0.858. The lowest BCUT2D eigenvalue weighted by Crippen LogP contribution is -2.10. The van der Waals surface area contributed by atoms with Gasteiger partial charge in [-0.3, -0.25) is 4.79 Å². The predicted octanol–water partition coefficient (Wildman–Crippen LogP) is 4.22. The van der Waals surface area contributed by atoms with Crippen LogP contribution in [0.4, 0.5) is 5.69 Å². The van der Waals surface area contributed by atoms with E-state index in [1.807, 2.05) is 24.3 Å².